The molecule has 0 aromatic heterocycles. The summed E-state index contributed by atoms with van der Waals surface area (Å²) >= 11 is 0. The van der Waals surface area contributed by atoms with E-state index >= 15 is 0 Å². The van der Waals surface area contributed by atoms with Crippen LogP contribution in [-0.4, -0.2) is 27.7 Å². The molecule has 0 heterocycles. The van der Waals surface area contributed by atoms with Crippen molar-refractivity contribution in [2.45, 2.75) is 30.8 Å². The number of benzene rings is 1. The fourth-order valence-electron chi connectivity index (χ4n) is 1.69. The molecule has 0 spiro atoms. The van der Waals surface area contributed by atoms with E-state index in [1.807, 2.05) is 0 Å². The minimum absolute atomic E-state index is 0.0153. The Kier molecular flexibility index (Phi) is 5.03. The minimum Gasteiger partial charge on any atom is -0.383 e. The molecule has 0 bridgehead atoms. The van der Waals surface area contributed by atoms with Crippen LogP contribution in [0.1, 0.15) is 19.4 Å². The van der Waals surface area contributed by atoms with E-state index in [9.17, 15) is 12.8 Å². The topological polar surface area (TPSA) is 81.4 Å². The van der Waals surface area contributed by atoms with Crippen LogP contribution in [0.5, 0.6) is 0 Å². The Hall–Kier alpha value is -1.02. The smallest absolute Gasteiger partial charge is 0.241 e. The molecule has 1 aromatic rings. The van der Waals surface area contributed by atoms with E-state index in [0.29, 0.717) is 0 Å². The van der Waals surface area contributed by atoms with Crippen molar-refractivity contribution in [1.82, 2.24) is 4.72 Å². The third-order valence-electron chi connectivity index (χ3n) is 2.46. The fourth-order valence-corrected chi connectivity index (χ4v) is 3.14. The molecule has 19 heavy (non-hydrogen) atoms. The van der Waals surface area contributed by atoms with Crippen LogP contribution in [-0.2, 0) is 21.3 Å². The number of hydrogen-bond donors (Lipinski definition) is 2. The maximum atomic E-state index is 13.3. The number of nitrogens with one attached hydrogen (secondary N) is 1. The average molecular weight is 290 g/mol. The van der Waals surface area contributed by atoms with Crippen LogP contribution in [0, 0.1) is 5.82 Å². The van der Waals surface area contributed by atoms with Gasteiger partial charge in [-0.2, -0.15) is 0 Å². The second-order valence-corrected chi connectivity index (χ2v) is 6.56. The van der Waals surface area contributed by atoms with Gasteiger partial charge in [0, 0.05) is 19.2 Å². The SMILES string of the molecule is COCC(C)(C)NS(=O)(=O)c1ccc(F)c(CN)c1. The van der Waals surface area contributed by atoms with E-state index in [1.54, 1.807) is 13.8 Å². The lowest BCUT2D eigenvalue weighted by atomic mass is 10.1. The van der Waals surface area contributed by atoms with E-state index in [-0.39, 0.29) is 23.6 Å². The molecule has 0 fully saturated rings. The van der Waals surface area contributed by atoms with Crippen molar-refractivity contribution >= 4 is 10.0 Å². The molecule has 0 unspecified atom stereocenters. The number of hydrogen-bond acceptors (Lipinski definition) is 4. The van der Waals surface area contributed by atoms with Gasteiger partial charge in [0.1, 0.15) is 5.82 Å². The van der Waals surface area contributed by atoms with Gasteiger partial charge in [0.2, 0.25) is 10.0 Å². The Morgan fingerprint density at radius 3 is 2.58 bits per heavy atom. The number of methoxy groups -OCH3 is 1. The summed E-state index contributed by atoms with van der Waals surface area (Å²) in [6.45, 7) is 3.55. The van der Waals surface area contributed by atoms with Gasteiger partial charge in [-0.05, 0) is 32.0 Å². The highest BCUT2D eigenvalue weighted by Crippen LogP contribution is 2.17. The monoisotopic (exact) mass is 290 g/mol. The molecule has 1 aromatic carbocycles. The summed E-state index contributed by atoms with van der Waals surface area (Å²) in [4.78, 5) is -0.0153. The lowest BCUT2D eigenvalue weighted by molar-refractivity contribution is 0.141. The Balaban J connectivity index is 3.07. The zero-order chi connectivity index (χ0) is 14.7. The molecule has 7 heteroatoms. The molecule has 0 radical (unpaired) electrons. The summed E-state index contributed by atoms with van der Waals surface area (Å²) in [6, 6.07) is 3.54. The Morgan fingerprint density at radius 2 is 2.05 bits per heavy atom. The lowest BCUT2D eigenvalue weighted by Crippen LogP contribution is -2.46. The van der Waals surface area contributed by atoms with Crippen molar-refractivity contribution in [3.05, 3.63) is 29.6 Å². The quantitative estimate of drug-likeness (QED) is 0.818. The molecule has 0 aliphatic rings. The summed E-state index contributed by atoms with van der Waals surface area (Å²) in [5, 5.41) is 0. The van der Waals surface area contributed by atoms with E-state index in [2.05, 4.69) is 4.72 Å². The van der Waals surface area contributed by atoms with Gasteiger partial charge >= 0.3 is 0 Å². The van der Waals surface area contributed by atoms with Crippen LogP contribution in [0.25, 0.3) is 0 Å². The maximum Gasteiger partial charge on any atom is 0.241 e. The van der Waals surface area contributed by atoms with Crippen molar-refractivity contribution in [3.8, 4) is 0 Å². The van der Waals surface area contributed by atoms with Crippen molar-refractivity contribution < 1.29 is 17.5 Å². The first-order chi connectivity index (χ1) is 8.72. The Morgan fingerprint density at radius 1 is 1.42 bits per heavy atom. The highest BCUT2D eigenvalue weighted by Gasteiger charge is 2.26. The lowest BCUT2D eigenvalue weighted by Gasteiger charge is -2.25. The first kappa shape index (κ1) is 16.0. The van der Waals surface area contributed by atoms with Crippen LogP contribution < -0.4 is 10.5 Å². The first-order valence-corrected chi connectivity index (χ1v) is 7.21. The van der Waals surface area contributed by atoms with Gasteiger partial charge in [-0.25, -0.2) is 17.5 Å². The third-order valence-corrected chi connectivity index (χ3v) is 4.16. The zero-order valence-electron chi connectivity index (χ0n) is 11.2. The van der Waals surface area contributed by atoms with Gasteiger partial charge in [0.05, 0.1) is 17.0 Å². The Bertz CT molecular complexity index is 544. The fraction of sp³-hybridized carbons (Fsp3) is 0.500. The molecule has 0 aliphatic heterocycles. The molecule has 0 amide bonds. The molecule has 0 saturated heterocycles. The molecule has 0 aliphatic carbocycles. The molecular formula is C12H19FN2O3S. The Labute approximate surface area is 113 Å². The second-order valence-electron chi connectivity index (χ2n) is 4.88. The van der Waals surface area contributed by atoms with Gasteiger partial charge < -0.3 is 10.5 Å². The number of sulfonamides is 1. The van der Waals surface area contributed by atoms with Crippen LogP contribution in [0.15, 0.2) is 23.1 Å². The van der Waals surface area contributed by atoms with E-state index < -0.39 is 21.4 Å². The average Bonchev–Trinajstić information content (AvgIpc) is 2.27. The predicted molar refractivity (Wildman–Crippen MR) is 70.6 cm³/mol. The van der Waals surface area contributed by atoms with Crippen molar-refractivity contribution in [1.29, 1.82) is 0 Å². The molecular weight excluding hydrogens is 271 g/mol. The van der Waals surface area contributed by atoms with Gasteiger partial charge in [-0.3, -0.25) is 0 Å². The zero-order valence-corrected chi connectivity index (χ0v) is 12.1. The van der Waals surface area contributed by atoms with Crippen LogP contribution >= 0.6 is 0 Å². The summed E-state index contributed by atoms with van der Waals surface area (Å²) in [6.07, 6.45) is 0. The van der Waals surface area contributed by atoms with E-state index in [1.165, 1.54) is 19.2 Å². The van der Waals surface area contributed by atoms with Crippen LogP contribution in [0.3, 0.4) is 0 Å². The summed E-state index contributed by atoms with van der Waals surface area (Å²) in [5.74, 6) is -0.516. The largest absolute Gasteiger partial charge is 0.383 e. The number of nitrogens with two attached hydrogens (primary N) is 1. The van der Waals surface area contributed by atoms with Crippen molar-refractivity contribution in [2.24, 2.45) is 5.73 Å². The van der Waals surface area contributed by atoms with Gasteiger partial charge in [-0.1, -0.05) is 0 Å². The first-order valence-electron chi connectivity index (χ1n) is 5.73. The third kappa shape index (κ3) is 4.24. The van der Waals surface area contributed by atoms with Crippen LogP contribution in [0.4, 0.5) is 4.39 Å². The number of rotatable bonds is 6. The minimum atomic E-state index is -3.74. The van der Waals surface area contributed by atoms with Gasteiger partial charge in [0.15, 0.2) is 0 Å². The van der Waals surface area contributed by atoms with Crippen molar-refractivity contribution in [3.63, 3.8) is 0 Å². The summed E-state index contributed by atoms with van der Waals surface area (Å²) in [5.41, 5.74) is 4.76. The predicted octanol–water partition coefficient (Wildman–Crippen LogP) is 0.988. The van der Waals surface area contributed by atoms with Crippen LogP contribution in [0.2, 0.25) is 0 Å². The normalized spacial score (nSPS) is 12.7. The van der Waals surface area contributed by atoms with E-state index in [4.69, 9.17) is 10.5 Å². The standard InChI is InChI=1S/C12H19FN2O3S/c1-12(2,8-18-3)15-19(16,17)10-4-5-11(13)9(6-10)7-14/h4-6,15H,7-8,14H2,1-3H3. The molecule has 108 valence electrons. The summed E-state index contributed by atoms with van der Waals surface area (Å²) in [7, 11) is -2.26. The maximum absolute atomic E-state index is 13.3. The summed E-state index contributed by atoms with van der Waals surface area (Å²) < 4.78 is 45.1. The molecule has 0 saturated carbocycles. The molecule has 1 rings (SSSR count). The highest BCUT2D eigenvalue weighted by molar-refractivity contribution is 7.89. The van der Waals surface area contributed by atoms with Gasteiger partial charge in [0.25, 0.3) is 0 Å². The second kappa shape index (κ2) is 5.96. The van der Waals surface area contributed by atoms with Gasteiger partial charge in [-0.15, -0.1) is 0 Å². The molecule has 5 nitrogen and oxygen atoms in total. The number of halogens is 1. The molecule has 3 N–H and O–H groups in total. The highest BCUT2D eigenvalue weighted by atomic mass is 32.2. The van der Waals surface area contributed by atoms with Crippen molar-refractivity contribution in [2.75, 3.05) is 13.7 Å². The van der Waals surface area contributed by atoms with E-state index in [0.717, 1.165) is 6.07 Å². The number of ether oxygens (including phenoxy) is 1. The molecule has 0 atom stereocenters.